The first kappa shape index (κ1) is 12.5. The van der Waals surface area contributed by atoms with Gasteiger partial charge < -0.3 is 10.5 Å². The Morgan fingerprint density at radius 2 is 2.21 bits per heavy atom. The number of nitrogens with one attached hydrogen (secondary N) is 1. The fraction of sp³-hybridized carbons (Fsp3) is 0.385. The van der Waals surface area contributed by atoms with Crippen LogP contribution in [0.3, 0.4) is 0 Å². The lowest BCUT2D eigenvalue weighted by atomic mass is 9.78. The van der Waals surface area contributed by atoms with Crippen LogP contribution in [0.25, 0.3) is 0 Å². The molecule has 0 aromatic heterocycles. The van der Waals surface area contributed by atoms with Crippen LogP contribution in [0.15, 0.2) is 27.7 Å². The smallest absolute Gasteiger partial charge is 0.259 e. The first-order valence-electron chi connectivity index (χ1n) is 5.98. The molecule has 2 aliphatic rings. The van der Waals surface area contributed by atoms with Crippen molar-refractivity contribution >= 4 is 27.8 Å². The summed E-state index contributed by atoms with van der Waals surface area (Å²) in [4.78, 5) is 16.7. The molecule has 1 aromatic carbocycles. The first-order chi connectivity index (χ1) is 8.82. The minimum atomic E-state index is -0.981. The third kappa shape index (κ3) is 1.82. The summed E-state index contributed by atoms with van der Waals surface area (Å²) in [7, 11) is 0. The molecule has 0 saturated heterocycles. The van der Waals surface area contributed by atoms with E-state index in [1.54, 1.807) is 0 Å². The molecule has 0 fully saturated rings. The highest BCUT2D eigenvalue weighted by molar-refractivity contribution is 9.10. The Kier molecular flexibility index (Phi) is 2.44. The molecule has 0 radical (unpaired) electrons. The first-order valence-corrected chi connectivity index (χ1v) is 6.78. The highest BCUT2D eigenvalue weighted by Gasteiger charge is 2.53. The maximum Gasteiger partial charge on any atom is 0.259 e. The molecule has 0 saturated carbocycles. The van der Waals surface area contributed by atoms with Gasteiger partial charge in [-0.25, -0.2) is 4.99 Å². The van der Waals surface area contributed by atoms with E-state index in [-0.39, 0.29) is 11.9 Å². The summed E-state index contributed by atoms with van der Waals surface area (Å²) in [5.74, 6) is 0.641. The Bertz CT molecular complexity index is 612. The van der Waals surface area contributed by atoms with Gasteiger partial charge in [-0.1, -0.05) is 15.9 Å². The van der Waals surface area contributed by atoms with Crippen molar-refractivity contribution in [2.45, 2.75) is 31.4 Å². The van der Waals surface area contributed by atoms with Crippen LogP contribution < -0.4 is 15.8 Å². The third-order valence-electron chi connectivity index (χ3n) is 3.38. The number of carbonyl (C=O) groups is 1. The second kappa shape index (κ2) is 3.72. The third-order valence-corrected chi connectivity index (χ3v) is 3.88. The number of rotatable bonds is 0. The van der Waals surface area contributed by atoms with Gasteiger partial charge in [0.05, 0.1) is 0 Å². The maximum absolute atomic E-state index is 12.3. The minimum Gasteiger partial charge on any atom is -0.487 e. The topological polar surface area (TPSA) is 76.7 Å². The molecule has 1 unspecified atom stereocenters. The Morgan fingerprint density at radius 1 is 1.47 bits per heavy atom. The summed E-state index contributed by atoms with van der Waals surface area (Å²) in [6.45, 7) is 3.88. The molecular formula is C13H14BrN3O2. The Balaban J connectivity index is 2.26. The van der Waals surface area contributed by atoms with Gasteiger partial charge in [-0.15, -0.1) is 0 Å². The van der Waals surface area contributed by atoms with Crippen LogP contribution in [-0.4, -0.2) is 17.5 Å². The van der Waals surface area contributed by atoms with Crippen LogP contribution in [0, 0.1) is 0 Å². The van der Waals surface area contributed by atoms with Crippen LogP contribution in [0.2, 0.25) is 0 Å². The van der Waals surface area contributed by atoms with Gasteiger partial charge in [-0.05, 0) is 32.0 Å². The number of ether oxygens (including phenoxy) is 1. The molecule has 2 heterocycles. The van der Waals surface area contributed by atoms with Crippen molar-refractivity contribution in [3.63, 3.8) is 0 Å². The van der Waals surface area contributed by atoms with E-state index < -0.39 is 11.1 Å². The largest absolute Gasteiger partial charge is 0.487 e. The Hall–Kier alpha value is -1.56. The highest BCUT2D eigenvalue weighted by atomic mass is 79.9. The van der Waals surface area contributed by atoms with Gasteiger partial charge in [0, 0.05) is 16.5 Å². The van der Waals surface area contributed by atoms with Crippen LogP contribution in [0.4, 0.5) is 0 Å². The number of carbonyl (C=O) groups excluding carboxylic acids is 1. The van der Waals surface area contributed by atoms with E-state index in [1.807, 2.05) is 32.0 Å². The van der Waals surface area contributed by atoms with Crippen molar-refractivity contribution in [1.29, 1.82) is 0 Å². The second-order valence-electron chi connectivity index (χ2n) is 5.49. The van der Waals surface area contributed by atoms with Crippen molar-refractivity contribution < 1.29 is 9.53 Å². The molecule has 1 spiro atoms. The van der Waals surface area contributed by atoms with Crippen LogP contribution in [0.1, 0.15) is 25.8 Å². The van der Waals surface area contributed by atoms with Crippen molar-refractivity contribution in [3.8, 4) is 5.75 Å². The number of hydrogen-bond acceptors (Lipinski definition) is 4. The Labute approximate surface area is 119 Å². The fourth-order valence-electron chi connectivity index (χ4n) is 2.77. The van der Waals surface area contributed by atoms with Crippen LogP contribution in [0.5, 0.6) is 5.75 Å². The molecule has 1 aromatic rings. The van der Waals surface area contributed by atoms with E-state index >= 15 is 0 Å². The van der Waals surface area contributed by atoms with Crippen molar-refractivity contribution in [3.05, 3.63) is 28.2 Å². The summed E-state index contributed by atoms with van der Waals surface area (Å²) in [5, 5.41) is 2.59. The molecule has 1 amide bonds. The average molecular weight is 324 g/mol. The quantitative estimate of drug-likeness (QED) is 0.762. The number of amides is 1. The number of fused-ring (bicyclic) bond motifs is 2. The van der Waals surface area contributed by atoms with E-state index in [0.717, 1.165) is 10.0 Å². The number of halogens is 1. The van der Waals surface area contributed by atoms with E-state index in [2.05, 4.69) is 26.2 Å². The lowest BCUT2D eigenvalue weighted by molar-refractivity contribution is -0.127. The van der Waals surface area contributed by atoms with Gasteiger partial charge in [0.1, 0.15) is 11.4 Å². The normalized spacial score (nSPS) is 27.5. The van der Waals surface area contributed by atoms with E-state index in [9.17, 15) is 4.79 Å². The summed E-state index contributed by atoms with van der Waals surface area (Å²) in [5.41, 5.74) is 4.97. The highest BCUT2D eigenvalue weighted by Crippen LogP contribution is 2.48. The summed E-state index contributed by atoms with van der Waals surface area (Å²) >= 11 is 3.42. The average Bonchev–Trinajstić information content (AvgIpc) is 2.54. The number of benzene rings is 1. The fourth-order valence-corrected chi connectivity index (χ4v) is 3.13. The molecule has 100 valence electrons. The molecule has 3 rings (SSSR count). The molecule has 3 N–H and O–H groups in total. The monoisotopic (exact) mass is 323 g/mol. The zero-order valence-corrected chi connectivity index (χ0v) is 12.2. The van der Waals surface area contributed by atoms with E-state index in [4.69, 9.17) is 10.5 Å². The van der Waals surface area contributed by atoms with Gasteiger partial charge in [-0.3, -0.25) is 10.1 Å². The summed E-state index contributed by atoms with van der Waals surface area (Å²) in [6, 6.07) is 5.60. The van der Waals surface area contributed by atoms with E-state index in [0.29, 0.717) is 12.2 Å². The minimum absolute atomic E-state index is 0.161. The zero-order chi connectivity index (χ0) is 13.8. The van der Waals surface area contributed by atoms with Crippen LogP contribution in [-0.2, 0) is 10.3 Å². The lowest BCUT2D eigenvalue weighted by Crippen LogP contribution is -2.48. The second-order valence-corrected chi connectivity index (χ2v) is 6.41. The van der Waals surface area contributed by atoms with Crippen molar-refractivity contribution in [2.24, 2.45) is 10.7 Å². The van der Waals surface area contributed by atoms with E-state index in [1.165, 1.54) is 0 Å². The molecule has 2 aliphatic heterocycles. The standard InChI is InChI=1S/C13H14BrN3O2/c1-12(2)6-13(10(18)16-11(15)17-13)8-5-7(14)3-4-9(8)19-12/h3-5H,6H2,1-2H3,(H3,15,16,17,18). The zero-order valence-electron chi connectivity index (χ0n) is 10.7. The summed E-state index contributed by atoms with van der Waals surface area (Å²) < 4.78 is 6.81. The predicted molar refractivity (Wildman–Crippen MR) is 74.9 cm³/mol. The molecule has 0 bridgehead atoms. The number of aliphatic imine (C=N–C) groups is 1. The SMILES string of the molecule is CC1(C)CC2(N=C(N)NC2=O)c2cc(Br)ccc2O1. The van der Waals surface area contributed by atoms with Gasteiger partial charge in [0.25, 0.3) is 5.91 Å². The predicted octanol–water partition coefficient (Wildman–Crippen LogP) is 1.65. The van der Waals surface area contributed by atoms with Gasteiger partial charge >= 0.3 is 0 Å². The van der Waals surface area contributed by atoms with Crippen LogP contribution >= 0.6 is 15.9 Å². The van der Waals surface area contributed by atoms with Gasteiger partial charge in [-0.2, -0.15) is 0 Å². The van der Waals surface area contributed by atoms with Gasteiger partial charge in [0.15, 0.2) is 11.5 Å². The number of nitrogens with zero attached hydrogens (tertiary/aromatic N) is 1. The summed E-state index contributed by atoms with van der Waals surface area (Å²) in [6.07, 6.45) is 0.454. The molecule has 19 heavy (non-hydrogen) atoms. The molecule has 1 atom stereocenters. The molecule has 5 nitrogen and oxygen atoms in total. The molecular weight excluding hydrogens is 310 g/mol. The molecule has 0 aliphatic carbocycles. The molecule has 6 heteroatoms. The number of hydrogen-bond donors (Lipinski definition) is 2. The number of guanidine groups is 1. The van der Waals surface area contributed by atoms with Crippen molar-refractivity contribution in [1.82, 2.24) is 5.32 Å². The lowest BCUT2D eigenvalue weighted by Gasteiger charge is -2.40. The Morgan fingerprint density at radius 3 is 2.84 bits per heavy atom. The number of nitrogens with two attached hydrogens (primary N) is 1. The van der Waals surface area contributed by atoms with Crippen molar-refractivity contribution in [2.75, 3.05) is 0 Å². The van der Waals surface area contributed by atoms with Gasteiger partial charge in [0.2, 0.25) is 0 Å². The maximum atomic E-state index is 12.3.